The molecule has 1 aromatic rings. The maximum atomic E-state index is 9.22. The van der Waals surface area contributed by atoms with Crippen molar-refractivity contribution in [3.05, 3.63) is 29.8 Å². The zero-order valence-electron chi connectivity index (χ0n) is 9.65. The Balaban J connectivity index is 1.97. The zero-order valence-corrected chi connectivity index (χ0v) is 10.5. The van der Waals surface area contributed by atoms with Crippen LogP contribution >= 0.6 is 11.8 Å². The van der Waals surface area contributed by atoms with Crippen LogP contribution in [0.25, 0.3) is 0 Å². The van der Waals surface area contributed by atoms with Gasteiger partial charge in [-0.15, -0.1) is 11.8 Å². The molecule has 1 fully saturated rings. The summed E-state index contributed by atoms with van der Waals surface area (Å²) in [6.45, 7) is 2.22. The van der Waals surface area contributed by atoms with Crippen LogP contribution < -0.4 is 5.73 Å². The van der Waals surface area contributed by atoms with Crippen LogP contribution in [0.3, 0.4) is 0 Å². The van der Waals surface area contributed by atoms with Crippen LogP contribution in [0.15, 0.2) is 29.2 Å². The first-order chi connectivity index (χ1) is 7.61. The molecule has 1 aliphatic rings. The predicted octanol–water partition coefficient (Wildman–Crippen LogP) is 2.33. The summed E-state index contributed by atoms with van der Waals surface area (Å²) < 4.78 is 0. The Morgan fingerprint density at radius 3 is 3.00 bits per heavy atom. The van der Waals surface area contributed by atoms with Crippen molar-refractivity contribution >= 4 is 11.8 Å². The van der Waals surface area contributed by atoms with Gasteiger partial charge in [-0.1, -0.05) is 17.7 Å². The van der Waals surface area contributed by atoms with Crippen LogP contribution in [0.2, 0.25) is 0 Å². The Morgan fingerprint density at radius 1 is 1.56 bits per heavy atom. The van der Waals surface area contributed by atoms with E-state index in [1.807, 2.05) is 11.8 Å². The third kappa shape index (κ3) is 2.78. The van der Waals surface area contributed by atoms with Crippen molar-refractivity contribution in [2.45, 2.75) is 41.9 Å². The SMILES string of the molecule is Cc1cccc(SC2CCC(N)(CO)C2)c1. The number of thioether (sulfide) groups is 1. The highest BCUT2D eigenvalue weighted by atomic mass is 32.2. The highest BCUT2D eigenvalue weighted by Gasteiger charge is 2.35. The van der Waals surface area contributed by atoms with Gasteiger partial charge in [-0.2, -0.15) is 0 Å². The minimum Gasteiger partial charge on any atom is -0.394 e. The van der Waals surface area contributed by atoms with Crippen molar-refractivity contribution < 1.29 is 5.11 Å². The fraction of sp³-hybridized carbons (Fsp3) is 0.538. The molecular weight excluding hydrogens is 218 g/mol. The number of hydrogen-bond acceptors (Lipinski definition) is 3. The highest BCUT2D eigenvalue weighted by Crippen LogP contribution is 2.38. The van der Waals surface area contributed by atoms with Gasteiger partial charge in [0.2, 0.25) is 0 Å². The van der Waals surface area contributed by atoms with Gasteiger partial charge in [0.05, 0.1) is 6.61 Å². The van der Waals surface area contributed by atoms with Crippen LogP contribution in [-0.4, -0.2) is 22.5 Å². The highest BCUT2D eigenvalue weighted by molar-refractivity contribution is 8.00. The maximum absolute atomic E-state index is 9.22. The molecule has 3 heteroatoms. The Labute approximate surface area is 101 Å². The van der Waals surface area contributed by atoms with Gasteiger partial charge in [0.25, 0.3) is 0 Å². The third-order valence-electron chi connectivity index (χ3n) is 3.21. The van der Waals surface area contributed by atoms with Crippen LogP contribution in [0.4, 0.5) is 0 Å². The molecule has 1 aromatic carbocycles. The van der Waals surface area contributed by atoms with Crippen LogP contribution in [0.5, 0.6) is 0 Å². The fourth-order valence-corrected chi connectivity index (χ4v) is 3.68. The molecule has 0 radical (unpaired) electrons. The molecule has 88 valence electrons. The average Bonchev–Trinajstić information content (AvgIpc) is 2.61. The molecule has 1 saturated carbocycles. The van der Waals surface area contributed by atoms with E-state index in [1.165, 1.54) is 10.5 Å². The van der Waals surface area contributed by atoms with E-state index in [2.05, 4.69) is 31.2 Å². The molecule has 0 heterocycles. The summed E-state index contributed by atoms with van der Waals surface area (Å²) in [5, 5.41) is 9.77. The van der Waals surface area contributed by atoms with Crippen molar-refractivity contribution in [1.29, 1.82) is 0 Å². The molecule has 0 spiro atoms. The van der Waals surface area contributed by atoms with E-state index in [9.17, 15) is 5.11 Å². The average molecular weight is 237 g/mol. The quantitative estimate of drug-likeness (QED) is 0.848. The van der Waals surface area contributed by atoms with Crippen LogP contribution in [0, 0.1) is 6.92 Å². The normalized spacial score (nSPS) is 29.6. The van der Waals surface area contributed by atoms with E-state index >= 15 is 0 Å². The zero-order chi connectivity index (χ0) is 11.6. The molecule has 0 bridgehead atoms. The number of benzene rings is 1. The van der Waals surface area contributed by atoms with Crippen LogP contribution in [-0.2, 0) is 0 Å². The van der Waals surface area contributed by atoms with Crippen molar-refractivity contribution in [3.63, 3.8) is 0 Å². The van der Waals surface area contributed by atoms with Gasteiger partial charge in [-0.05, 0) is 38.3 Å². The van der Waals surface area contributed by atoms with E-state index in [0.29, 0.717) is 5.25 Å². The molecule has 1 aliphatic carbocycles. The summed E-state index contributed by atoms with van der Waals surface area (Å²) in [5.74, 6) is 0. The Hall–Kier alpha value is -0.510. The Kier molecular flexibility index (Phi) is 3.57. The second kappa shape index (κ2) is 4.78. The molecule has 3 N–H and O–H groups in total. The van der Waals surface area contributed by atoms with Gasteiger partial charge in [-0.25, -0.2) is 0 Å². The van der Waals surface area contributed by atoms with Gasteiger partial charge in [0, 0.05) is 15.7 Å². The molecule has 0 saturated heterocycles. The molecule has 0 aliphatic heterocycles. The lowest BCUT2D eigenvalue weighted by Gasteiger charge is -2.20. The van der Waals surface area contributed by atoms with E-state index in [4.69, 9.17) is 5.73 Å². The summed E-state index contributed by atoms with van der Waals surface area (Å²) >= 11 is 1.89. The van der Waals surface area contributed by atoms with Crippen molar-refractivity contribution in [1.82, 2.24) is 0 Å². The Bertz CT molecular complexity index is 369. The molecule has 2 atom stereocenters. The number of rotatable bonds is 3. The first-order valence-electron chi connectivity index (χ1n) is 5.74. The lowest BCUT2D eigenvalue weighted by atomic mass is 10.0. The van der Waals surface area contributed by atoms with Gasteiger partial charge >= 0.3 is 0 Å². The predicted molar refractivity (Wildman–Crippen MR) is 68.7 cm³/mol. The summed E-state index contributed by atoms with van der Waals surface area (Å²) in [5.41, 5.74) is 7.03. The summed E-state index contributed by atoms with van der Waals surface area (Å²) in [6.07, 6.45) is 2.96. The van der Waals surface area contributed by atoms with E-state index in [1.54, 1.807) is 0 Å². The van der Waals surface area contributed by atoms with Gasteiger partial charge in [0.15, 0.2) is 0 Å². The van der Waals surface area contributed by atoms with E-state index in [0.717, 1.165) is 19.3 Å². The second-order valence-corrected chi connectivity index (χ2v) is 6.19. The van der Waals surface area contributed by atoms with E-state index < -0.39 is 0 Å². The molecule has 16 heavy (non-hydrogen) atoms. The standard InChI is InChI=1S/C13H19NOS/c1-10-3-2-4-11(7-10)16-12-5-6-13(14,8-12)9-15/h2-4,7,12,15H,5-6,8-9,14H2,1H3. The minimum absolute atomic E-state index is 0.109. The lowest BCUT2D eigenvalue weighted by molar-refractivity contribution is 0.200. The number of aliphatic hydroxyl groups is 1. The largest absolute Gasteiger partial charge is 0.394 e. The molecule has 2 rings (SSSR count). The first kappa shape index (κ1) is 12.0. The van der Waals surface area contributed by atoms with Gasteiger partial charge in [0.1, 0.15) is 0 Å². The molecule has 0 amide bonds. The van der Waals surface area contributed by atoms with Crippen molar-refractivity contribution in [3.8, 4) is 0 Å². The lowest BCUT2D eigenvalue weighted by Crippen LogP contribution is -2.40. The van der Waals surface area contributed by atoms with Crippen molar-refractivity contribution in [2.75, 3.05) is 6.61 Å². The summed E-state index contributed by atoms with van der Waals surface area (Å²) in [6, 6.07) is 8.56. The smallest absolute Gasteiger partial charge is 0.0611 e. The fourth-order valence-electron chi connectivity index (χ4n) is 2.23. The minimum atomic E-state index is -0.332. The molecular formula is C13H19NOS. The molecule has 0 aromatic heterocycles. The number of hydrogen-bond donors (Lipinski definition) is 2. The number of nitrogens with two attached hydrogens (primary N) is 1. The maximum Gasteiger partial charge on any atom is 0.0611 e. The van der Waals surface area contributed by atoms with E-state index in [-0.39, 0.29) is 12.1 Å². The summed E-state index contributed by atoms with van der Waals surface area (Å²) in [4.78, 5) is 1.31. The topological polar surface area (TPSA) is 46.2 Å². The third-order valence-corrected chi connectivity index (χ3v) is 4.47. The number of aliphatic hydroxyl groups excluding tert-OH is 1. The first-order valence-corrected chi connectivity index (χ1v) is 6.62. The molecule has 2 nitrogen and oxygen atoms in total. The van der Waals surface area contributed by atoms with Gasteiger partial charge < -0.3 is 10.8 Å². The van der Waals surface area contributed by atoms with Crippen molar-refractivity contribution in [2.24, 2.45) is 5.73 Å². The number of aryl methyl sites for hydroxylation is 1. The van der Waals surface area contributed by atoms with Gasteiger partial charge in [-0.3, -0.25) is 0 Å². The summed E-state index contributed by atoms with van der Waals surface area (Å²) in [7, 11) is 0. The second-order valence-electron chi connectivity index (χ2n) is 4.82. The molecule has 2 unspecified atom stereocenters. The van der Waals surface area contributed by atoms with Crippen LogP contribution in [0.1, 0.15) is 24.8 Å². The monoisotopic (exact) mass is 237 g/mol. The Morgan fingerprint density at radius 2 is 2.38 bits per heavy atom.